The van der Waals surface area contributed by atoms with E-state index in [2.05, 4.69) is 36.9 Å². The number of methoxy groups -OCH3 is 2. The molecule has 2 heterocycles. The molecule has 1 atom stereocenters. The number of morpholine rings is 1. The molecule has 1 saturated heterocycles. The normalized spacial score (nSPS) is 19.1. The van der Waals surface area contributed by atoms with E-state index in [0.29, 0.717) is 26.2 Å². The number of carbonyl (C=O) groups excluding carboxylic acids is 1. The SMILES string of the molecule is COc1ccc(OC)c([C@H]2CC(c3ccc(C)cc3C)=NN2C(=O)CN2CCOCC2)c1. The zero-order valence-corrected chi connectivity index (χ0v) is 19.3. The summed E-state index contributed by atoms with van der Waals surface area (Å²) < 4.78 is 16.5. The number of amides is 1. The molecule has 2 aromatic carbocycles. The highest BCUT2D eigenvalue weighted by Crippen LogP contribution is 2.39. The minimum absolute atomic E-state index is 0.0264. The van der Waals surface area contributed by atoms with Crippen LogP contribution in [-0.2, 0) is 9.53 Å². The Kier molecular flexibility index (Phi) is 6.77. The Balaban J connectivity index is 1.70. The summed E-state index contributed by atoms with van der Waals surface area (Å²) >= 11 is 0. The zero-order valence-electron chi connectivity index (χ0n) is 19.3. The molecule has 7 nitrogen and oxygen atoms in total. The van der Waals surface area contributed by atoms with Crippen LogP contribution in [0.25, 0.3) is 0 Å². The smallest absolute Gasteiger partial charge is 0.257 e. The summed E-state index contributed by atoms with van der Waals surface area (Å²) in [5.41, 5.74) is 5.24. The van der Waals surface area contributed by atoms with Gasteiger partial charge in [0.05, 0.1) is 45.7 Å². The van der Waals surface area contributed by atoms with Crippen molar-refractivity contribution in [3.63, 3.8) is 0 Å². The van der Waals surface area contributed by atoms with Gasteiger partial charge in [-0.2, -0.15) is 5.10 Å². The molecule has 1 fully saturated rings. The average molecular weight is 438 g/mol. The van der Waals surface area contributed by atoms with Crippen molar-refractivity contribution in [2.75, 3.05) is 47.1 Å². The number of hydrogen-bond acceptors (Lipinski definition) is 6. The standard InChI is InChI=1S/C25H31N3O4/c1-17-5-7-20(18(2)13-17)22-15-23(21-14-19(30-3)6-8-24(21)31-4)28(26-22)25(29)16-27-9-11-32-12-10-27/h5-8,13-14,23H,9-12,15-16H2,1-4H3/t23-/m1/s1. The molecule has 2 aromatic rings. The molecule has 0 aromatic heterocycles. The van der Waals surface area contributed by atoms with E-state index in [0.717, 1.165) is 47.0 Å². The minimum Gasteiger partial charge on any atom is -0.497 e. The molecule has 0 N–H and O–H groups in total. The Morgan fingerprint density at radius 3 is 2.56 bits per heavy atom. The number of rotatable bonds is 6. The van der Waals surface area contributed by atoms with Crippen molar-refractivity contribution in [3.8, 4) is 11.5 Å². The number of ether oxygens (including phenoxy) is 3. The van der Waals surface area contributed by atoms with Crippen molar-refractivity contribution < 1.29 is 19.0 Å². The summed E-state index contributed by atoms with van der Waals surface area (Å²) in [5, 5.41) is 6.49. The lowest BCUT2D eigenvalue weighted by Crippen LogP contribution is -2.43. The summed E-state index contributed by atoms with van der Waals surface area (Å²) in [4.78, 5) is 15.6. The van der Waals surface area contributed by atoms with Crippen molar-refractivity contribution in [1.29, 1.82) is 0 Å². The van der Waals surface area contributed by atoms with Gasteiger partial charge < -0.3 is 14.2 Å². The third-order valence-electron chi connectivity index (χ3n) is 6.12. The van der Waals surface area contributed by atoms with Gasteiger partial charge in [-0.25, -0.2) is 5.01 Å². The topological polar surface area (TPSA) is 63.6 Å². The van der Waals surface area contributed by atoms with Gasteiger partial charge in [0.2, 0.25) is 0 Å². The number of benzene rings is 2. The van der Waals surface area contributed by atoms with Gasteiger partial charge in [-0.1, -0.05) is 23.8 Å². The van der Waals surface area contributed by atoms with Gasteiger partial charge in [-0.15, -0.1) is 0 Å². The largest absolute Gasteiger partial charge is 0.497 e. The molecule has 7 heteroatoms. The van der Waals surface area contributed by atoms with Crippen LogP contribution in [0.1, 0.15) is 34.7 Å². The zero-order chi connectivity index (χ0) is 22.7. The van der Waals surface area contributed by atoms with Gasteiger partial charge in [-0.3, -0.25) is 9.69 Å². The summed E-state index contributed by atoms with van der Waals surface area (Å²) in [6.07, 6.45) is 0.613. The Labute approximate surface area is 189 Å². The first kappa shape index (κ1) is 22.3. The molecule has 1 amide bonds. The van der Waals surface area contributed by atoms with Crippen LogP contribution < -0.4 is 9.47 Å². The number of hydrazone groups is 1. The third kappa shape index (κ3) is 4.64. The van der Waals surface area contributed by atoms with E-state index >= 15 is 0 Å². The molecule has 32 heavy (non-hydrogen) atoms. The predicted octanol–water partition coefficient (Wildman–Crippen LogP) is 3.33. The Morgan fingerprint density at radius 2 is 1.88 bits per heavy atom. The minimum atomic E-state index is -0.260. The van der Waals surface area contributed by atoms with Crippen LogP contribution in [0.4, 0.5) is 0 Å². The molecule has 2 aliphatic rings. The van der Waals surface area contributed by atoms with Crippen molar-refractivity contribution >= 4 is 11.6 Å². The molecule has 0 bridgehead atoms. The molecule has 0 unspecified atom stereocenters. The van der Waals surface area contributed by atoms with Crippen LogP contribution in [0.15, 0.2) is 41.5 Å². The lowest BCUT2D eigenvalue weighted by molar-refractivity contribution is -0.135. The van der Waals surface area contributed by atoms with E-state index < -0.39 is 0 Å². The third-order valence-corrected chi connectivity index (χ3v) is 6.12. The average Bonchev–Trinajstić information content (AvgIpc) is 3.24. The molecule has 0 saturated carbocycles. The van der Waals surface area contributed by atoms with Gasteiger partial charge in [0, 0.05) is 30.6 Å². The first-order valence-electron chi connectivity index (χ1n) is 11.0. The van der Waals surface area contributed by atoms with Crippen molar-refractivity contribution in [2.24, 2.45) is 5.10 Å². The number of nitrogens with zero attached hydrogens (tertiary/aromatic N) is 3. The van der Waals surface area contributed by atoms with Gasteiger partial charge in [0.15, 0.2) is 0 Å². The van der Waals surface area contributed by atoms with Crippen molar-refractivity contribution in [3.05, 3.63) is 58.7 Å². The number of hydrogen-bond donors (Lipinski definition) is 0. The van der Waals surface area contributed by atoms with Crippen LogP contribution in [0.2, 0.25) is 0 Å². The van der Waals surface area contributed by atoms with E-state index in [1.165, 1.54) is 5.56 Å². The van der Waals surface area contributed by atoms with Crippen LogP contribution in [0.5, 0.6) is 11.5 Å². The Morgan fingerprint density at radius 1 is 1.09 bits per heavy atom. The molecule has 2 aliphatic heterocycles. The van der Waals surface area contributed by atoms with E-state index in [1.807, 2.05) is 18.2 Å². The van der Waals surface area contributed by atoms with Crippen molar-refractivity contribution in [1.82, 2.24) is 9.91 Å². The second-order valence-electron chi connectivity index (χ2n) is 8.32. The van der Waals surface area contributed by atoms with Gasteiger partial charge >= 0.3 is 0 Å². The summed E-state index contributed by atoms with van der Waals surface area (Å²) in [6, 6.07) is 11.8. The maximum Gasteiger partial charge on any atom is 0.257 e. The Hall–Kier alpha value is -2.90. The van der Waals surface area contributed by atoms with Crippen LogP contribution in [0, 0.1) is 13.8 Å². The highest BCUT2D eigenvalue weighted by Gasteiger charge is 2.36. The molecule has 0 spiro atoms. The molecule has 0 aliphatic carbocycles. The summed E-state index contributed by atoms with van der Waals surface area (Å²) in [6.45, 7) is 7.28. The van der Waals surface area contributed by atoms with Crippen LogP contribution in [0.3, 0.4) is 0 Å². The molecular formula is C25H31N3O4. The fraction of sp³-hybridized carbons (Fsp3) is 0.440. The van der Waals surface area contributed by atoms with Crippen LogP contribution in [-0.4, -0.2) is 68.6 Å². The van der Waals surface area contributed by atoms with Crippen molar-refractivity contribution in [2.45, 2.75) is 26.3 Å². The van der Waals surface area contributed by atoms with E-state index in [1.54, 1.807) is 19.2 Å². The molecule has 4 rings (SSSR count). The molecular weight excluding hydrogens is 406 g/mol. The van der Waals surface area contributed by atoms with E-state index in [4.69, 9.17) is 19.3 Å². The monoisotopic (exact) mass is 437 g/mol. The number of carbonyl (C=O) groups is 1. The highest BCUT2D eigenvalue weighted by molar-refractivity contribution is 6.04. The Bertz CT molecular complexity index is 1010. The maximum atomic E-state index is 13.4. The maximum absolute atomic E-state index is 13.4. The fourth-order valence-electron chi connectivity index (χ4n) is 4.41. The molecule has 0 radical (unpaired) electrons. The first-order valence-corrected chi connectivity index (χ1v) is 11.0. The second kappa shape index (κ2) is 9.71. The summed E-state index contributed by atoms with van der Waals surface area (Å²) in [7, 11) is 3.28. The van der Waals surface area contributed by atoms with E-state index in [9.17, 15) is 4.79 Å². The van der Waals surface area contributed by atoms with E-state index in [-0.39, 0.29) is 11.9 Å². The quantitative estimate of drug-likeness (QED) is 0.694. The lowest BCUT2D eigenvalue weighted by atomic mass is 9.94. The van der Waals surface area contributed by atoms with Crippen LogP contribution >= 0.6 is 0 Å². The number of aryl methyl sites for hydroxylation is 2. The predicted molar refractivity (Wildman–Crippen MR) is 123 cm³/mol. The van der Waals surface area contributed by atoms with Gasteiger partial charge in [-0.05, 0) is 37.6 Å². The first-order chi connectivity index (χ1) is 15.5. The summed E-state index contributed by atoms with van der Waals surface area (Å²) in [5.74, 6) is 1.42. The molecule has 170 valence electrons. The highest BCUT2D eigenvalue weighted by atomic mass is 16.5. The lowest BCUT2D eigenvalue weighted by Gasteiger charge is -2.29. The van der Waals surface area contributed by atoms with Gasteiger partial charge in [0.1, 0.15) is 11.5 Å². The second-order valence-corrected chi connectivity index (χ2v) is 8.32. The van der Waals surface area contributed by atoms with Gasteiger partial charge in [0.25, 0.3) is 5.91 Å². The fourth-order valence-corrected chi connectivity index (χ4v) is 4.41.